The molecule has 8 nitrogen and oxygen atoms in total. The van der Waals surface area contributed by atoms with Crippen LogP contribution in [0.15, 0.2) is 23.3 Å². The molecule has 2 N–H and O–H groups in total. The summed E-state index contributed by atoms with van der Waals surface area (Å²) in [4.78, 5) is 29.5. The molecule has 40 heavy (non-hydrogen) atoms. The lowest BCUT2D eigenvalue weighted by Crippen LogP contribution is -2.50. The quantitative estimate of drug-likeness (QED) is 0.568. The van der Waals surface area contributed by atoms with Crippen LogP contribution in [0.5, 0.6) is 0 Å². The maximum Gasteiger partial charge on any atom is 0.418 e. The molecule has 0 bridgehead atoms. The highest BCUT2D eigenvalue weighted by Crippen LogP contribution is 2.47. The van der Waals surface area contributed by atoms with Gasteiger partial charge in [0.25, 0.3) is 0 Å². The molecular weight excluding hydrogens is 521 g/mol. The van der Waals surface area contributed by atoms with Crippen LogP contribution >= 0.6 is 0 Å². The number of fused-ring (bicyclic) bond motifs is 1. The molecule has 2 saturated heterocycles. The van der Waals surface area contributed by atoms with Crippen molar-refractivity contribution < 1.29 is 18.0 Å². The fourth-order valence-electron chi connectivity index (χ4n) is 7.87. The van der Waals surface area contributed by atoms with Gasteiger partial charge in [-0.05, 0) is 74.5 Å². The van der Waals surface area contributed by atoms with Crippen molar-refractivity contribution in [3.8, 4) is 0 Å². The average Bonchev–Trinajstić information content (AvgIpc) is 3.47. The Morgan fingerprint density at radius 3 is 2.33 bits per heavy atom. The zero-order valence-electron chi connectivity index (χ0n) is 23.4. The number of hydrogen-bond donors (Lipinski definition) is 2. The lowest BCUT2D eigenvalue weighted by molar-refractivity contribution is -0.136. The molecule has 2 aromatic heterocycles. The monoisotopic (exact) mass is 562 g/mol. The normalized spacial score (nSPS) is 28.2. The third-order valence-electron chi connectivity index (χ3n) is 10.3. The highest BCUT2D eigenvalue weighted by Gasteiger charge is 2.44. The highest BCUT2D eigenvalue weighted by molar-refractivity contribution is 5.73. The summed E-state index contributed by atoms with van der Waals surface area (Å²) in [6.45, 7) is 3.33. The van der Waals surface area contributed by atoms with Gasteiger partial charge in [-0.15, -0.1) is 0 Å². The third-order valence-corrected chi connectivity index (χ3v) is 10.3. The number of hydrazine groups is 1. The number of likely N-dealkylation sites (tertiary alicyclic amines) is 1. The number of halogens is 3. The minimum absolute atomic E-state index is 0.0184. The first kappa shape index (κ1) is 27.8. The van der Waals surface area contributed by atoms with Crippen molar-refractivity contribution in [2.24, 2.45) is 17.8 Å². The second kappa shape index (κ2) is 10.8. The third kappa shape index (κ3) is 5.09. The Labute approximate surface area is 232 Å². The van der Waals surface area contributed by atoms with Gasteiger partial charge in [0.2, 0.25) is 5.91 Å². The highest BCUT2D eigenvalue weighted by atomic mass is 19.4. The van der Waals surface area contributed by atoms with Gasteiger partial charge in [0.1, 0.15) is 0 Å². The molecule has 2 aromatic rings. The molecule has 4 aliphatic rings. The van der Waals surface area contributed by atoms with Gasteiger partial charge < -0.3 is 4.90 Å². The Bertz CT molecular complexity index is 1290. The lowest BCUT2D eigenvalue weighted by Gasteiger charge is -2.46. The molecule has 220 valence electrons. The van der Waals surface area contributed by atoms with Gasteiger partial charge in [-0.1, -0.05) is 25.7 Å². The van der Waals surface area contributed by atoms with Gasteiger partial charge in [0.05, 0.1) is 23.9 Å². The second-order valence-corrected chi connectivity index (χ2v) is 12.6. The van der Waals surface area contributed by atoms with Gasteiger partial charge in [-0.3, -0.25) is 18.7 Å². The summed E-state index contributed by atoms with van der Waals surface area (Å²) in [5.41, 5.74) is 6.06. The predicted molar refractivity (Wildman–Crippen MR) is 145 cm³/mol. The molecular formula is C29H41F3N6O2. The van der Waals surface area contributed by atoms with Crippen molar-refractivity contribution in [3.05, 3.63) is 40.1 Å². The molecule has 11 heteroatoms. The molecule has 3 unspecified atom stereocenters. The fourth-order valence-corrected chi connectivity index (χ4v) is 7.87. The van der Waals surface area contributed by atoms with Crippen molar-refractivity contribution >= 4 is 11.4 Å². The number of piperidine rings is 1. The molecule has 0 aromatic carbocycles. The van der Waals surface area contributed by atoms with Crippen molar-refractivity contribution in [1.29, 1.82) is 0 Å². The number of amides is 1. The SMILES string of the molecule is CC(=O)N1CCC(c2cc(C(F)(F)F)c3cn(C4CCCC([C@@H](C5CCC5)C5NNCN5C)C4)c(=O)n3c2)CC1. The Kier molecular flexibility index (Phi) is 7.50. The molecule has 0 spiro atoms. The maximum absolute atomic E-state index is 14.3. The Morgan fingerprint density at radius 1 is 1.02 bits per heavy atom. The van der Waals surface area contributed by atoms with E-state index in [2.05, 4.69) is 22.8 Å². The summed E-state index contributed by atoms with van der Waals surface area (Å²) >= 11 is 0. The number of carbonyl (C=O) groups is 1. The molecule has 4 heterocycles. The standard InChI is InChI=1S/C29H41F3N6O2/c1-18(39)36-11-9-19(10-12-36)22-14-24(29(30,31)32)25-16-37(28(40)38(25)15-22)23-8-4-7-21(13-23)26(20-5-3-6-20)27-34-33-17-35(27)2/h14-16,19-21,23,26-27,33-34H,3-13,17H2,1-2H3/t21?,23?,26-,27?/m1/s1. The van der Waals surface area contributed by atoms with Crippen molar-refractivity contribution in [3.63, 3.8) is 0 Å². The van der Waals surface area contributed by atoms with Gasteiger partial charge in [0, 0.05) is 38.4 Å². The largest absolute Gasteiger partial charge is 0.418 e. The van der Waals surface area contributed by atoms with Crippen molar-refractivity contribution in [1.82, 2.24) is 29.6 Å². The summed E-state index contributed by atoms with van der Waals surface area (Å²) in [5.74, 6) is 1.35. The number of pyridine rings is 1. The van der Waals surface area contributed by atoms with Crippen LogP contribution in [0.1, 0.15) is 87.8 Å². The Balaban J connectivity index is 1.31. The molecule has 0 radical (unpaired) electrons. The number of hydrogen-bond acceptors (Lipinski definition) is 5. The predicted octanol–water partition coefficient (Wildman–Crippen LogP) is 4.32. The smallest absolute Gasteiger partial charge is 0.343 e. The van der Waals surface area contributed by atoms with Gasteiger partial charge in [0.15, 0.2) is 0 Å². The fraction of sp³-hybridized carbons (Fsp3) is 0.724. The van der Waals surface area contributed by atoms with Gasteiger partial charge in [-0.25, -0.2) is 15.6 Å². The van der Waals surface area contributed by atoms with Crippen LogP contribution in [-0.2, 0) is 11.0 Å². The van der Waals surface area contributed by atoms with E-state index >= 15 is 0 Å². The first-order chi connectivity index (χ1) is 19.1. The van der Waals surface area contributed by atoms with Crippen LogP contribution < -0.4 is 16.5 Å². The van der Waals surface area contributed by atoms with E-state index in [1.54, 1.807) is 15.7 Å². The van der Waals surface area contributed by atoms with E-state index in [0.29, 0.717) is 49.2 Å². The van der Waals surface area contributed by atoms with Gasteiger partial charge in [-0.2, -0.15) is 13.2 Å². The van der Waals surface area contributed by atoms with Gasteiger partial charge >= 0.3 is 11.9 Å². The molecule has 6 rings (SSSR count). The lowest BCUT2D eigenvalue weighted by atomic mass is 9.65. The number of alkyl halides is 3. The molecule has 1 amide bonds. The number of rotatable bonds is 5. The maximum atomic E-state index is 14.3. The van der Waals surface area contributed by atoms with Crippen LogP contribution in [0.4, 0.5) is 13.2 Å². The summed E-state index contributed by atoms with van der Waals surface area (Å²) < 4.78 is 45.8. The van der Waals surface area contributed by atoms with E-state index in [4.69, 9.17) is 0 Å². The number of carbonyl (C=O) groups excluding carboxylic acids is 1. The average molecular weight is 563 g/mol. The van der Waals surface area contributed by atoms with E-state index in [-0.39, 0.29) is 35.2 Å². The minimum atomic E-state index is -4.57. The van der Waals surface area contributed by atoms with E-state index in [1.807, 2.05) is 0 Å². The summed E-state index contributed by atoms with van der Waals surface area (Å²) in [5, 5.41) is 0. The molecule has 4 fully saturated rings. The molecule has 2 aliphatic heterocycles. The second-order valence-electron chi connectivity index (χ2n) is 12.6. The number of nitrogens with one attached hydrogen (secondary N) is 2. The van der Waals surface area contributed by atoms with E-state index < -0.39 is 11.7 Å². The van der Waals surface area contributed by atoms with Crippen LogP contribution in [0.2, 0.25) is 0 Å². The van der Waals surface area contributed by atoms with Crippen molar-refractivity contribution in [2.45, 2.75) is 89.0 Å². The molecule has 4 atom stereocenters. The van der Waals surface area contributed by atoms with Crippen LogP contribution in [0, 0.1) is 17.8 Å². The topological polar surface area (TPSA) is 74.0 Å². The van der Waals surface area contributed by atoms with E-state index in [1.165, 1.54) is 42.9 Å². The molecule has 2 aliphatic carbocycles. The van der Waals surface area contributed by atoms with Crippen LogP contribution in [-0.4, -0.2) is 57.6 Å². The van der Waals surface area contributed by atoms with Crippen molar-refractivity contribution in [2.75, 3.05) is 26.8 Å². The summed E-state index contributed by atoms with van der Waals surface area (Å²) in [6, 6.07) is 1.12. The summed E-state index contributed by atoms with van der Waals surface area (Å²) in [6.07, 6.45) is 7.26. The zero-order valence-corrected chi connectivity index (χ0v) is 23.4. The van der Waals surface area contributed by atoms with Crippen LogP contribution in [0.3, 0.4) is 0 Å². The number of aromatic nitrogens is 2. The number of nitrogens with zero attached hydrogens (tertiary/aromatic N) is 4. The Morgan fingerprint density at radius 2 is 1.73 bits per heavy atom. The van der Waals surface area contributed by atoms with Crippen LogP contribution in [0.25, 0.3) is 5.52 Å². The van der Waals surface area contributed by atoms with E-state index in [9.17, 15) is 22.8 Å². The summed E-state index contributed by atoms with van der Waals surface area (Å²) in [7, 11) is 2.12. The number of imidazole rings is 1. The first-order valence-corrected chi connectivity index (χ1v) is 14.9. The first-order valence-electron chi connectivity index (χ1n) is 14.9. The zero-order chi connectivity index (χ0) is 28.2. The Hall–Kier alpha value is -2.37. The minimum Gasteiger partial charge on any atom is -0.343 e. The molecule has 2 saturated carbocycles. The van der Waals surface area contributed by atoms with E-state index in [0.717, 1.165) is 32.4 Å².